The lowest BCUT2D eigenvalue weighted by atomic mass is 10.1. The maximum Gasteiger partial charge on any atom is 0.319 e. The largest absolute Gasteiger partial charge is 0.497 e. The molecule has 1 aliphatic rings. The van der Waals surface area contributed by atoms with E-state index in [1.165, 1.54) is 0 Å². The molecule has 136 valence electrons. The topological polar surface area (TPSA) is 70.7 Å². The first kappa shape index (κ1) is 17.8. The summed E-state index contributed by atoms with van der Waals surface area (Å²) in [6, 6.07) is 12.2. The fourth-order valence-corrected chi connectivity index (χ4v) is 3.18. The number of carbonyl (C=O) groups excluding carboxylic acids is 2. The van der Waals surface area contributed by atoms with Crippen molar-refractivity contribution < 1.29 is 14.3 Å². The van der Waals surface area contributed by atoms with Crippen LogP contribution in [0.4, 0.5) is 16.2 Å². The van der Waals surface area contributed by atoms with Gasteiger partial charge in [0.05, 0.1) is 7.11 Å². The Bertz CT molecular complexity index is 797. The second kappa shape index (κ2) is 7.47. The van der Waals surface area contributed by atoms with Crippen LogP contribution in [0, 0.1) is 13.8 Å². The molecule has 26 heavy (non-hydrogen) atoms. The van der Waals surface area contributed by atoms with E-state index in [1.807, 2.05) is 26.0 Å². The van der Waals surface area contributed by atoms with E-state index < -0.39 is 12.1 Å². The molecule has 6 heteroatoms. The summed E-state index contributed by atoms with van der Waals surface area (Å²) in [6.07, 6.45) is 0.585. The highest BCUT2D eigenvalue weighted by atomic mass is 16.5. The number of aryl methyl sites for hydroxylation is 2. The molecule has 0 aromatic heterocycles. The maximum atomic E-state index is 12.7. The Labute approximate surface area is 153 Å². The zero-order chi connectivity index (χ0) is 18.7. The van der Waals surface area contributed by atoms with Gasteiger partial charge in [-0.2, -0.15) is 0 Å². The Hall–Kier alpha value is -3.02. The number of methoxy groups -OCH3 is 1. The quantitative estimate of drug-likeness (QED) is 0.886. The molecule has 0 spiro atoms. The first-order valence-electron chi connectivity index (χ1n) is 8.57. The number of amides is 3. The summed E-state index contributed by atoms with van der Waals surface area (Å²) in [7, 11) is 1.59. The zero-order valence-electron chi connectivity index (χ0n) is 15.2. The Morgan fingerprint density at radius 1 is 1.12 bits per heavy atom. The van der Waals surface area contributed by atoms with Crippen molar-refractivity contribution in [2.24, 2.45) is 0 Å². The predicted octanol–water partition coefficient (Wildman–Crippen LogP) is 3.24. The van der Waals surface area contributed by atoms with Crippen molar-refractivity contribution in [2.45, 2.75) is 26.3 Å². The summed E-state index contributed by atoms with van der Waals surface area (Å²) in [6.45, 7) is 4.61. The average Bonchev–Trinajstić information content (AvgIpc) is 2.95. The minimum Gasteiger partial charge on any atom is -0.497 e. The molecule has 1 heterocycles. The number of ether oxygens (including phenoxy) is 1. The highest BCUT2D eigenvalue weighted by molar-refractivity contribution is 6.02. The molecule has 0 unspecified atom stereocenters. The van der Waals surface area contributed by atoms with E-state index >= 15 is 0 Å². The molecule has 0 aliphatic carbocycles. The van der Waals surface area contributed by atoms with Crippen LogP contribution in [0.2, 0.25) is 0 Å². The van der Waals surface area contributed by atoms with E-state index in [1.54, 1.807) is 36.3 Å². The lowest BCUT2D eigenvalue weighted by molar-refractivity contribution is -0.118. The Kier molecular flexibility index (Phi) is 5.11. The van der Waals surface area contributed by atoms with Gasteiger partial charge in [-0.15, -0.1) is 0 Å². The molecule has 2 aromatic rings. The number of nitrogens with one attached hydrogen (secondary N) is 2. The van der Waals surface area contributed by atoms with Gasteiger partial charge >= 0.3 is 6.03 Å². The Morgan fingerprint density at radius 2 is 1.77 bits per heavy atom. The molecule has 1 saturated heterocycles. The van der Waals surface area contributed by atoms with Crippen molar-refractivity contribution in [3.05, 3.63) is 53.6 Å². The zero-order valence-corrected chi connectivity index (χ0v) is 15.2. The summed E-state index contributed by atoms with van der Waals surface area (Å²) in [5, 5.41) is 5.50. The van der Waals surface area contributed by atoms with Gasteiger partial charge in [0, 0.05) is 17.9 Å². The highest BCUT2D eigenvalue weighted by Crippen LogP contribution is 2.24. The number of anilines is 2. The van der Waals surface area contributed by atoms with Crippen molar-refractivity contribution in [2.75, 3.05) is 23.9 Å². The fraction of sp³-hybridized carbons (Fsp3) is 0.300. The normalized spacial score (nSPS) is 16.5. The molecule has 1 atom stereocenters. The van der Waals surface area contributed by atoms with Crippen LogP contribution in [0.1, 0.15) is 17.5 Å². The van der Waals surface area contributed by atoms with Crippen LogP contribution >= 0.6 is 0 Å². The second-order valence-corrected chi connectivity index (χ2v) is 6.50. The van der Waals surface area contributed by atoms with E-state index in [9.17, 15) is 9.59 Å². The van der Waals surface area contributed by atoms with Gasteiger partial charge < -0.3 is 20.3 Å². The lowest BCUT2D eigenvalue weighted by Crippen LogP contribution is -2.43. The van der Waals surface area contributed by atoms with Crippen molar-refractivity contribution in [1.29, 1.82) is 0 Å². The van der Waals surface area contributed by atoms with Crippen LogP contribution < -0.4 is 20.3 Å². The molecule has 2 N–H and O–H groups in total. The smallest absolute Gasteiger partial charge is 0.319 e. The van der Waals surface area contributed by atoms with E-state index in [4.69, 9.17) is 4.74 Å². The van der Waals surface area contributed by atoms with Gasteiger partial charge in [0.25, 0.3) is 0 Å². The van der Waals surface area contributed by atoms with Crippen molar-refractivity contribution in [1.82, 2.24) is 5.32 Å². The third-order valence-electron chi connectivity index (χ3n) is 4.38. The summed E-state index contributed by atoms with van der Waals surface area (Å²) in [5.41, 5.74) is 3.75. The molecule has 2 aromatic carbocycles. The van der Waals surface area contributed by atoms with Gasteiger partial charge in [-0.25, -0.2) is 4.79 Å². The van der Waals surface area contributed by atoms with Gasteiger partial charge in [-0.05, 0) is 67.8 Å². The number of rotatable bonds is 4. The molecule has 6 nitrogen and oxygen atoms in total. The number of nitrogens with zero attached hydrogens (tertiary/aromatic N) is 1. The molecular formula is C20H23N3O3. The minimum absolute atomic E-state index is 0.0834. The standard InChI is InChI=1S/C20H23N3O3/c1-13-10-14(2)12-16(11-13)23-9-8-18(19(23)24)22-20(25)21-15-4-6-17(26-3)7-5-15/h4-7,10-12,18H,8-9H2,1-3H3,(H2,21,22,25)/t18-/m1/s1. The van der Waals surface area contributed by atoms with E-state index in [2.05, 4.69) is 16.7 Å². The lowest BCUT2D eigenvalue weighted by Gasteiger charge is -2.18. The van der Waals surface area contributed by atoms with E-state index in [0.717, 1.165) is 16.8 Å². The number of hydrogen-bond acceptors (Lipinski definition) is 3. The first-order chi connectivity index (χ1) is 12.5. The second-order valence-electron chi connectivity index (χ2n) is 6.50. The number of hydrogen-bond donors (Lipinski definition) is 2. The van der Waals surface area contributed by atoms with Gasteiger partial charge in [-0.1, -0.05) is 6.07 Å². The van der Waals surface area contributed by atoms with Crippen LogP contribution in [-0.2, 0) is 4.79 Å². The van der Waals surface area contributed by atoms with Gasteiger partial charge in [0.15, 0.2) is 0 Å². The average molecular weight is 353 g/mol. The number of urea groups is 1. The van der Waals surface area contributed by atoms with Crippen LogP contribution in [0.25, 0.3) is 0 Å². The van der Waals surface area contributed by atoms with Crippen LogP contribution in [0.5, 0.6) is 5.75 Å². The van der Waals surface area contributed by atoms with E-state index in [0.29, 0.717) is 24.4 Å². The summed E-state index contributed by atoms with van der Waals surface area (Å²) >= 11 is 0. The minimum atomic E-state index is -0.519. The molecule has 0 bridgehead atoms. The molecular weight excluding hydrogens is 330 g/mol. The molecule has 3 amide bonds. The highest BCUT2D eigenvalue weighted by Gasteiger charge is 2.33. The van der Waals surface area contributed by atoms with E-state index in [-0.39, 0.29) is 5.91 Å². The summed E-state index contributed by atoms with van der Waals surface area (Å²) in [5.74, 6) is 0.630. The molecule has 0 radical (unpaired) electrons. The molecule has 0 saturated carbocycles. The van der Waals surface area contributed by atoms with Gasteiger partial charge in [-0.3, -0.25) is 4.79 Å². The summed E-state index contributed by atoms with van der Waals surface area (Å²) in [4.78, 5) is 26.6. The van der Waals surface area contributed by atoms with Crippen LogP contribution in [0.15, 0.2) is 42.5 Å². The fourth-order valence-electron chi connectivity index (χ4n) is 3.18. The molecule has 1 fully saturated rings. The van der Waals surface area contributed by atoms with Gasteiger partial charge in [0.2, 0.25) is 5.91 Å². The Balaban J connectivity index is 1.61. The SMILES string of the molecule is COc1ccc(NC(=O)N[C@@H]2CCN(c3cc(C)cc(C)c3)C2=O)cc1. The monoisotopic (exact) mass is 353 g/mol. The predicted molar refractivity (Wildman–Crippen MR) is 102 cm³/mol. The number of benzene rings is 2. The Morgan fingerprint density at radius 3 is 2.38 bits per heavy atom. The van der Waals surface area contributed by atoms with Crippen molar-refractivity contribution >= 4 is 23.3 Å². The van der Waals surface area contributed by atoms with Crippen molar-refractivity contribution in [3.63, 3.8) is 0 Å². The van der Waals surface area contributed by atoms with Gasteiger partial charge in [0.1, 0.15) is 11.8 Å². The maximum absolute atomic E-state index is 12.7. The van der Waals surface area contributed by atoms with Crippen LogP contribution in [0.3, 0.4) is 0 Å². The molecule has 3 rings (SSSR count). The third kappa shape index (κ3) is 3.96. The van der Waals surface area contributed by atoms with Crippen molar-refractivity contribution in [3.8, 4) is 5.75 Å². The summed E-state index contributed by atoms with van der Waals surface area (Å²) < 4.78 is 5.09. The number of carbonyl (C=O) groups is 2. The molecule has 1 aliphatic heterocycles. The van der Waals surface area contributed by atoms with Crippen LogP contribution in [-0.4, -0.2) is 31.6 Å². The third-order valence-corrected chi connectivity index (χ3v) is 4.38. The first-order valence-corrected chi connectivity index (χ1v) is 8.57.